The third kappa shape index (κ3) is 5.35. The highest BCUT2D eigenvalue weighted by molar-refractivity contribution is 6.33. The van der Waals surface area contributed by atoms with Crippen LogP contribution in [0.2, 0.25) is 5.02 Å². The van der Waals surface area contributed by atoms with E-state index < -0.39 is 5.97 Å². The highest BCUT2D eigenvalue weighted by atomic mass is 35.5. The van der Waals surface area contributed by atoms with Gasteiger partial charge in [-0.15, -0.1) is 0 Å². The summed E-state index contributed by atoms with van der Waals surface area (Å²) in [5.74, 6) is -0.396. The van der Waals surface area contributed by atoms with Crippen molar-refractivity contribution < 1.29 is 23.5 Å². The molecule has 0 radical (unpaired) electrons. The van der Waals surface area contributed by atoms with Crippen LogP contribution in [0.3, 0.4) is 0 Å². The lowest BCUT2D eigenvalue weighted by Crippen LogP contribution is -2.31. The number of anilines is 1. The predicted octanol–water partition coefficient (Wildman–Crippen LogP) is 3.10. The molecule has 138 valence electrons. The number of benzene rings is 1. The van der Waals surface area contributed by atoms with E-state index in [0.717, 1.165) is 0 Å². The predicted molar refractivity (Wildman–Crippen MR) is 95.8 cm³/mol. The number of methoxy groups -OCH3 is 1. The van der Waals surface area contributed by atoms with E-state index in [1.165, 1.54) is 43.4 Å². The number of esters is 1. The van der Waals surface area contributed by atoms with Crippen molar-refractivity contribution in [2.75, 3.05) is 19.0 Å². The summed E-state index contributed by atoms with van der Waals surface area (Å²) in [4.78, 5) is 37.0. The van der Waals surface area contributed by atoms with Gasteiger partial charge in [-0.2, -0.15) is 0 Å². The van der Waals surface area contributed by atoms with Gasteiger partial charge >= 0.3 is 5.97 Å². The zero-order valence-electron chi connectivity index (χ0n) is 14.5. The maximum absolute atomic E-state index is 12.2. The Balaban J connectivity index is 1.97. The Morgan fingerprint density at radius 3 is 2.65 bits per heavy atom. The van der Waals surface area contributed by atoms with Crippen molar-refractivity contribution in [1.82, 2.24) is 4.90 Å². The SMILES string of the molecule is COC(=O)c1ccc(Cl)c(NC(=O)CCN(Cc2ccco2)C(C)=O)c1. The molecule has 1 aromatic carbocycles. The number of carbonyl (C=O) groups excluding carboxylic acids is 3. The van der Waals surface area contributed by atoms with Gasteiger partial charge in [-0.1, -0.05) is 11.6 Å². The molecule has 2 amide bonds. The van der Waals surface area contributed by atoms with Crippen LogP contribution in [0.1, 0.15) is 29.5 Å². The second kappa shape index (κ2) is 9.05. The molecule has 1 N–H and O–H groups in total. The van der Waals surface area contributed by atoms with Crippen LogP contribution in [-0.2, 0) is 20.9 Å². The fourth-order valence-corrected chi connectivity index (χ4v) is 2.42. The number of nitrogens with zero attached hydrogens (tertiary/aromatic N) is 1. The van der Waals surface area contributed by atoms with Gasteiger partial charge in [-0.05, 0) is 30.3 Å². The van der Waals surface area contributed by atoms with Gasteiger partial charge in [-0.25, -0.2) is 4.79 Å². The van der Waals surface area contributed by atoms with Crippen LogP contribution < -0.4 is 5.32 Å². The molecule has 2 aromatic rings. The van der Waals surface area contributed by atoms with E-state index >= 15 is 0 Å². The number of carbonyl (C=O) groups is 3. The molecule has 26 heavy (non-hydrogen) atoms. The first-order chi connectivity index (χ1) is 12.4. The van der Waals surface area contributed by atoms with Gasteiger partial charge in [0.05, 0.1) is 36.2 Å². The van der Waals surface area contributed by atoms with Crippen LogP contribution in [0.25, 0.3) is 0 Å². The van der Waals surface area contributed by atoms with E-state index in [9.17, 15) is 14.4 Å². The Hall–Kier alpha value is -2.80. The minimum atomic E-state index is -0.529. The molecule has 0 spiro atoms. The van der Waals surface area contributed by atoms with Gasteiger partial charge in [0.25, 0.3) is 0 Å². The lowest BCUT2D eigenvalue weighted by molar-refractivity contribution is -0.130. The van der Waals surface area contributed by atoms with Gasteiger partial charge in [-0.3, -0.25) is 9.59 Å². The number of nitrogens with one attached hydrogen (secondary N) is 1. The highest BCUT2D eigenvalue weighted by Crippen LogP contribution is 2.23. The lowest BCUT2D eigenvalue weighted by atomic mass is 10.2. The van der Waals surface area contributed by atoms with E-state index in [2.05, 4.69) is 10.1 Å². The van der Waals surface area contributed by atoms with Crippen LogP contribution >= 0.6 is 11.6 Å². The fraction of sp³-hybridized carbons (Fsp3) is 0.278. The Kier molecular flexibility index (Phi) is 6.80. The normalized spacial score (nSPS) is 10.3. The molecule has 2 rings (SSSR count). The van der Waals surface area contributed by atoms with Crippen LogP contribution in [-0.4, -0.2) is 36.3 Å². The molecule has 0 atom stereocenters. The average molecular weight is 379 g/mol. The van der Waals surface area contributed by atoms with E-state index in [1.807, 2.05) is 0 Å². The molecule has 0 fully saturated rings. The number of amides is 2. The van der Waals surface area contributed by atoms with Crippen LogP contribution in [0, 0.1) is 0 Å². The molecule has 8 heteroatoms. The third-order valence-corrected chi connectivity index (χ3v) is 3.97. The van der Waals surface area contributed by atoms with E-state index in [0.29, 0.717) is 16.5 Å². The smallest absolute Gasteiger partial charge is 0.337 e. The van der Waals surface area contributed by atoms with E-state index in [4.69, 9.17) is 16.0 Å². The van der Waals surface area contributed by atoms with Gasteiger partial charge in [0.1, 0.15) is 5.76 Å². The van der Waals surface area contributed by atoms with E-state index in [-0.39, 0.29) is 36.9 Å². The number of halogens is 1. The molecule has 0 aliphatic carbocycles. The van der Waals surface area contributed by atoms with Gasteiger partial charge in [0.2, 0.25) is 11.8 Å². The zero-order valence-corrected chi connectivity index (χ0v) is 15.2. The summed E-state index contributed by atoms with van der Waals surface area (Å²) in [5, 5.41) is 2.94. The number of furan rings is 1. The van der Waals surface area contributed by atoms with Gasteiger partial charge < -0.3 is 19.4 Å². The second-order valence-corrected chi connectivity index (χ2v) is 5.91. The fourth-order valence-electron chi connectivity index (χ4n) is 2.25. The molecule has 1 aromatic heterocycles. The summed E-state index contributed by atoms with van der Waals surface area (Å²) in [7, 11) is 1.27. The maximum Gasteiger partial charge on any atom is 0.337 e. The molecule has 0 aliphatic rings. The quantitative estimate of drug-likeness (QED) is 0.748. The van der Waals surface area contributed by atoms with Crippen LogP contribution in [0.5, 0.6) is 0 Å². The molecule has 0 bridgehead atoms. The number of hydrogen-bond acceptors (Lipinski definition) is 5. The van der Waals surface area contributed by atoms with Crippen molar-refractivity contribution in [3.63, 3.8) is 0 Å². The first kappa shape index (κ1) is 19.5. The molecular weight excluding hydrogens is 360 g/mol. The standard InChI is InChI=1S/C18H19ClN2O5/c1-12(22)21(11-14-4-3-9-26-14)8-7-17(23)20-16-10-13(18(24)25-2)5-6-15(16)19/h3-6,9-10H,7-8,11H2,1-2H3,(H,20,23). The minimum Gasteiger partial charge on any atom is -0.467 e. The molecule has 1 heterocycles. The first-order valence-corrected chi connectivity index (χ1v) is 8.24. The van der Waals surface area contributed by atoms with Crippen molar-refractivity contribution in [2.45, 2.75) is 19.9 Å². The Bertz CT molecular complexity index is 789. The summed E-state index contributed by atoms with van der Waals surface area (Å²) in [5.41, 5.74) is 0.579. The summed E-state index contributed by atoms with van der Waals surface area (Å²) in [6.45, 7) is 1.93. The van der Waals surface area contributed by atoms with Crippen molar-refractivity contribution in [1.29, 1.82) is 0 Å². The zero-order chi connectivity index (χ0) is 19.1. The minimum absolute atomic E-state index is 0.0685. The number of rotatable bonds is 7. The van der Waals surface area contributed by atoms with Crippen molar-refractivity contribution in [3.05, 3.63) is 52.9 Å². The summed E-state index contributed by atoms with van der Waals surface area (Å²) in [6.07, 6.45) is 1.59. The summed E-state index contributed by atoms with van der Waals surface area (Å²) < 4.78 is 9.87. The topological polar surface area (TPSA) is 88.8 Å². The molecule has 7 nitrogen and oxygen atoms in total. The Morgan fingerprint density at radius 2 is 2.04 bits per heavy atom. The number of ether oxygens (including phenoxy) is 1. The van der Waals surface area contributed by atoms with E-state index in [1.54, 1.807) is 12.1 Å². The summed E-state index contributed by atoms with van der Waals surface area (Å²) >= 11 is 6.05. The lowest BCUT2D eigenvalue weighted by Gasteiger charge is -2.19. The van der Waals surface area contributed by atoms with Crippen molar-refractivity contribution in [2.24, 2.45) is 0 Å². The van der Waals surface area contributed by atoms with Gasteiger partial charge in [0.15, 0.2) is 0 Å². The molecule has 0 aliphatic heterocycles. The van der Waals surface area contributed by atoms with Crippen molar-refractivity contribution in [3.8, 4) is 0 Å². The largest absolute Gasteiger partial charge is 0.467 e. The van der Waals surface area contributed by atoms with Crippen LogP contribution in [0.15, 0.2) is 41.0 Å². The Labute approximate surface area is 155 Å². The third-order valence-electron chi connectivity index (χ3n) is 3.64. The van der Waals surface area contributed by atoms with Gasteiger partial charge in [0, 0.05) is 19.9 Å². The second-order valence-electron chi connectivity index (χ2n) is 5.50. The van der Waals surface area contributed by atoms with Crippen molar-refractivity contribution >= 4 is 35.1 Å². The molecule has 0 saturated carbocycles. The Morgan fingerprint density at radius 1 is 1.27 bits per heavy atom. The average Bonchev–Trinajstić information content (AvgIpc) is 3.12. The summed E-state index contributed by atoms with van der Waals surface area (Å²) in [6, 6.07) is 7.94. The molecule has 0 unspecified atom stereocenters. The maximum atomic E-state index is 12.2. The molecule has 0 saturated heterocycles. The monoisotopic (exact) mass is 378 g/mol. The molecular formula is C18H19ClN2O5. The van der Waals surface area contributed by atoms with Crippen LogP contribution in [0.4, 0.5) is 5.69 Å². The highest BCUT2D eigenvalue weighted by Gasteiger charge is 2.15. The number of hydrogen-bond donors (Lipinski definition) is 1. The first-order valence-electron chi connectivity index (χ1n) is 7.86.